The zero-order chi connectivity index (χ0) is 19.4. The second-order valence-electron chi connectivity index (χ2n) is 6.54. The van der Waals surface area contributed by atoms with Crippen LogP contribution in [0.3, 0.4) is 0 Å². The molecule has 0 saturated carbocycles. The van der Waals surface area contributed by atoms with E-state index in [1.54, 1.807) is 10.3 Å². The number of nitrogens with zero attached hydrogens (tertiary/aromatic N) is 2. The lowest BCUT2D eigenvalue weighted by Crippen LogP contribution is -2.43. The van der Waals surface area contributed by atoms with Crippen LogP contribution in [-0.4, -0.2) is 47.4 Å². The van der Waals surface area contributed by atoms with Crippen molar-refractivity contribution in [2.75, 3.05) is 19.7 Å². The number of hydrogen-bond donors (Lipinski definition) is 1. The van der Waals surface area contributed by atoms with Crippen LogP contribution in [0.15, 0.2) is 29.6 Å². The van der Waals surface area contributed by atoms with Crippen molar-refractivity contribution in [1.29, 1.82) is 0 Å². The van der Waals surface area contributed by atoms with Crippen LogP contribution in [0.5, 0.6) is 0 Å². The summed E-state index contributed by atoms with van der Waals surface area (Å²) < 4.78 is 5.11. The van der Waals surface area contributed by atoms with Crippen LogP contribution < -0.4 is 5.73 Å². The molecule has 2 aromatic rings. The number of amides is 2. The highest BCUT2D eigenvalue weighted by Crippen LogP contribution is 2.24. The molecule has 0 unspecified atom stereocenters. The number of piperidine rings is 1. The van der Waals surface area contributed by atoms with Crippen LogP contribution in [0.1, 0.15) is 28.9 Å². The highest BCUT2D eigenvalue weighted by molar-refractivity contribution is 7.13. The number of hydrogen-bond acceptors (Lipinski definition) is 6. The van der Waals surface area contributed by atoms with Gasteiger partial charge in [0.2, 0.25) is 5.91 Å². The van der Waals surface area contributed by atoms with E-state index in [2.05, 4.69) is 4.98 Å². The first-order valence-electron chi connectivity index (χ1n) is 8.71. The molecule has 3 rings (SSSR count). The van der Waals surface area contributed by atoms with Crippen molar-refractivity contribution in [2.24, 2.45) is 11.7 Å². The first-order valence-corrected chi connectivity index (χ1v) is 9.59. The number of thiazole rings is 1. The number of ether oxygens (including phenoxy) is 1. The minimum absolute atomic E-state index is 0.188. The Labute approximate surface area is 161 Å². The average molecular weight is 387 g/mol. The van der Waals surface area contributed by atoms with Crippen molar-refractivity contribution in [2.45, 2.75) is 19.8 Å². The highest BCUT2D eigenvalue weighted by atomic mass is 32.1. The third-order valence-corrected chi connectivity index (χ3v) is 5.48. The van der Waals surface area contributed by atoms with E-state index in [4.69, 9.17) is 10.5 Å². The molecule has 2 heterocycles. The summed E-state index contributed by atoms with van der Waals surface area (Å²) in [6, 6.07) is 7.86. The quantitative estimate of drug-likeness (QED) is 0.791. The van der Waals surface area contributed by atoms with Gasteiger partial charge in [-0.3, -0.25) is 9.59 Å². The maximum absolute atomic E-state index is 12.2. The van der Waals surface area contributed by atoms with Gasteiger partial charge in [0.05, 0.1) is 0 Å². The normalized spacial score (nSPS) is 14.8. The number of benzene rings is 1. The van der Waals surface area contributed by atoms with E-state index in [-0.39, 0.29) is 30.0 Å². The van der Waals surface area contributed by atoms with Gasteiger partial charge in [-0.25, -0.2) is 9.78 Å². The van der Waals surface area contributed by atoms with E-state index >= 15 is 0 Å². The minimum atomic E-state index is -0.620. The molecule has 8 heteroatoms. The van der Waals surface area contributed by atoms with Gasteiger partial charge in [-0.1, -0.05) is 29.8 Å². The summed E-state index contributed by atoms with van der Waals surface area (Å²) in [6.45, 7) is 2.55. The Morgan fingerprint density at radius 1 is 1.22 bits per heavy atom. The molecule has 27 heavy (non-hydrogen) atoms. The fourth-order valence-corrected chi connectivity index (χ4v) is 3.70. The summed E-state index contributed by atoms with van der Waals surface area (Å²) >= 11 is 1.35. The van der Waals surface area contributed by atoms with Crippen molar-refractivity contribution >= 4 is 29.1 Å². The van der Waals surface area contributed by atoms with Gasteiger partial charge >= 0.3 is 5.97 Å². The number of carbonyl (C=O) groups excluding carboxylic acids is 3. The molecule has 1 fully saturated rings. The molecule has 2 N–H and O–H groups in total. The van der Waals surface area contributed by atoms with E-state index in [0.29, 0.717) is 25.9 Å². The maximum Gasteiger partial charge on any atom is 0.358 e. The van der Waals surface area contributed by atoms with Crippen LogP contribution in [0.4, 0.5) is 0 Å². The second-order valence-corrected chi connectivity index (χ2v) is 7.40. The van der Waals surface area contributed by atoms with Crippen LogP contribution in [0.2, 0.25) is 0 Å². The molecular weight excluding hydrogens is 366 g/mol. The Balaban J connectivity index is 1.52. The van der Waals surface area contributed by atoms with E-state index < -0.39 is 5.97 Å². The van der Waals surface area contributed by atoms with E-state index in [1.165, 1.54) is 11.3 Å². The summed E-state index contributed by atoms with van der Waals surface area (Å²) in [4.78, 5) is 41.4. The Morgan fingerprint density at radius 3 is 2.52 bits per heavy atom. The second kappa shape index (κ2) is 8.30. The minimum Gasteiger partial charge on any atom is -0.451 e. The Kier molecular flexibility index (Phi) is 5.85. The number of aryl methyl sites for hydroxylation is 1. The first kappa shape index (κ1) is 19.0. The molecule has 0 atom stereocenters. The number of esters is 1. The van der Waals surface area contributed by atoms with Crippen molar-refractivity contribution in [3.8, 4) is 10.6 Å². The molecule has 1 aromatic heterocycles. The summed E-state index contributed by atoms with van der Waals surface area (Å²) in [5.74, 6) is -1.42. The van der Waals surface area contributed by atoms with Gasteiger partial charge in [0.15, 0.2) is 12.3 Å². The predicted octanol–water partition coefficient (Wildman–Crippen LogP) is 2.00. The van der Waals surface area contributed by atoms with Crippen LogP contribution in [-0.2, 0) is 14.3 Å². The molecular formula is C19H21N3O4S. The summed E-state index contributed by atoms with van der Waals surface area (Å²) in [7, 11) is 0. The Morgan fingerprint density at radius 2 is 1.89 bits per heavy atom. The third kappa shape index (κ3) is 4.71. The number of likely N-dealkylation sites (tertiary alicyclic amines) is 1. The van der Waals surface area contributed by atoms with E-state index in [1.807, 2.05) is 31.2 Å². The lowest BCUT2D eigenvalue weighted by atomic mass is 9.96. The fraction of sp³-hybridized carbons (Fsp3) is 0.368. The summed E-state index contributed by atoms with van der Waals surface area (Å²) in [5, 5.41) is 2.35. The van der Waals surface area contributed by atoms with Gasteiger partial charge in [-0.2, -0.15) is 0 Å². The summed E-state index contributed by atoms with van der Waals surface area (Å²) in [6.07, 6.45) is 1.09. The molecule has 7 nitrogen and oxygen atoms in total. The van der Waals surface area contributed by atoms with Gasteiger partial charge in [0.25, 0.3) is 5.91 Å². The number of carbonyl (C=O) groups is 3. The molecule has 1 aromatic carbocycles. The zero-order valence-electron chi connectivity index (χ0n) is 15.0. The van der Waals surface area contributed by atoms with Crippen molar-refractivity contribution in [1.82, 2.24) is 9.88 Å². The third-order valence-electron chi connectivity index (χ3n) is 4.59. The zero-order valence-corrected chi connectivity index (χ0v) is 15.8. The molecule has 0 spiro atoms. The molecule has 2 amide bonds. The molecule has 1 aliphatic rings. The Hall–Kier alpha value is -2.74. The highest BCUT2D eigenvalue weighted by Gasteiger charge is 2.26. The standard InChI is InChI=1S/C19H21N3O4S/c1-12-2-4-14(5-3-12)18-21-15(11-27-18)19(25)26-10-16(23)22-8-6-13(7-9-22)17(20)24/h2-5,11,13H,6-10H2,1H3,(H2,20,24). The number of nitrogens with two attached hydrogens (primary N) is 1. The fourth-order valence-electron chi connectivity index (χ4n) is 2.90. The maximum atomic E-state index is 12.2. The van der Waals surface area contributed by atoms with Crippen LogP contribution in [0, 0.1) is 12.8 Å². The molecule has 0 radical (unpaired) electrons. The van der Waals surface area contributed by atoms with Crippen molar-refractivity contribution in [3.63, 3.8) is 0 Å². The lowest BCUT2D eigenvalue weighted by Gasteiger charge is -2.30. The lowest BCUT2D eigenvalue weighted by molar-refractivity contribution is -0.137. The molecule has 1 saturated heterocycles. The Bertz CT molecular complexity index is 839. The SMILES string of the molecule is Cc1ccc(-c2nc(C(=O)OCC(=O)N3CCC(C(N)=O)CC3)cs2)cc1. The van der Waals surface area contributed by atoms with Gasteiger partial charge in [-0.15, -0.1) is 11.3 Å². The number of aromatic nitrogens is 1. The van der Waals surface area contributed by atoms with Crippen LogP contribution >= 0.6 is 11.3 Å². The number of primary amides is 1. The van der Waals surface area contributed by atoms with Gasteiger partial charge in [0, 0.05) is 30.0 Å². The topological polar surface area (TPSA) is 103 Å². The summed E-state index contributed by atoms with van der Waals surface area (Å²) in [5.41, 5.74) is 7.55. The molecule has 142 valence electrons. The smallest absolute Gasteiger partial charge is 0.358 e. The first-order chi connectivity index (χ1) is 12.9. The van der Waals surface area contributed by atoms with E-state index in [0.717, 1.165) is 16.1 Å². The average Bonchev–Trinajstić information content (AvgIpc) is 3.16. The largest absolute Gasteiger partial charge is 0.451 e. The number of rotatable bonds is 5. The van der Waals surface area contributed by atoms with Gasteiger partial charge < -0.3 is 15.4 Å². The monoisotopic (exact) mass is 387 g/mol. The van der Waals surface area contributed by atoms with Crippen molar-refractivity contribution < 1.29 is 19.1 Å². The molecule has 0 aliphatic carbocycles. The molecule has 1 aliphatic heterocycles. The predicted molar refractivity (Wildman–Crippen MR) is 101 cm³/mol. The van der Waals surface area contributed by atoms with Crippen LogP contribution in [0.25, 0.3) is 10.6 Å². The van der Waals surface area contributed by atoms with Gasteiger partial charge in [-0.05, 0) is 19.8 Å². The molecule has 0 bridgehead atoms. The van der Waals surface area contributed by atoms with E-state index in [9.17, 15) is 14.4 Å². The van der Waals surface area contributed by atoms with Crippen molar-refractivity contribution in [3.05, 3.63) is 40.9 Å². The van der Waals surface area contributed by atoms with Gasteiger partial charge in [0.1, 0.15) is 5.01 Å².